The summed E-state index contributed by atoms with van der Waals surface area (Å²) in [5, 5.41) is -12.7. The summed E-state index contributed by atoms with van der Waals surface area (Å²) in [6.07, 6.45) is 0. The summed E-state index contributed by atoms with van der Waals surface area (Å²) in [5.74, 6) is -7.23. The first-order valence-electron chi connectivity index (χ1n) is 9.70. The number of hydrazine groups is 1. The number of hydrogen-bond acceptors (Lipinski definition) is 10. The predicted molar refractivity (Wildman–Crippen MR) is 113 cm³/mol. The summed E-state index contributed by atoms with van der Waals surface area (Å²) < 4.78 is 212. The molecule has 0 aromatic heterocycles. The molecule has 0 aromatic carbocycles. The first-order chi connectivity index (χ1) is 17.8. The van der Waals surface area contributed by atoms with Crippen molar-refractivity contribution in [3.8, 4) is 0 Å². The first-order valence-corrected chi connectivity index (χ1v) is 15.6. The van der Waals surface area contributed by atoms with E-state index in [9.17, 15) is 87.2 Å². The summed E-state index contributed by atoms with van der Waals surface area (Å²) >= 11 is 0. The quantitative estimate of drug-likeness (QED) is 0.115. The maximum atomic E-state index is 13.5. The van der Waals surface area contributed by atoms with Gasteiger partial charge in [-0.2, -0.15) is 43.9 Å². The van der Waals surface area contributed by atoms with E-state index in [0.717, 1.165) is 0 Å². The van der Waals surface area contributed by atoms with Crippen LogP contribution in [0.4, 0.5) is 43.9 Å². The second kappa shape index (κ2) is 13.5. The van der Waals surface area contributed by atoms with Crippen LogP contribution in [0.15, 0.2) is 0 Å². The maximum absolute atomic E-state index is 13.5. The van der Waals surface area contributed by atoms with E-state index in [-0.39, 0.29) is 10.9 Å². The van der Waals surface area contributed by atoms with Gasteiger partial charge in [-0.1, -0.05) is 8.25 Å². The maximum Gasteiger partial charge on any atom is 0.512 e. The van der Waals surface area contributed by atoms with Gasteiger partial charge in [-0.3, -0.25) is 20.4 Å². The van der Waals surface area contributed by atoms with Gasteiger partial charge in [-0.05, 0) is 20.8 Å². The van der Waals surface area contributed by atoms with Crippen LogP contribution in [-0.2, 0) is 49.7 Å². The Bertz CT molecular complexity index is 1270. The zero-order valence-electron chi connectivity index (χ0n) is 20.1. The average molecular weight is 713 g/mol. The van der Waals surface area contributed by atoms with E-state index in [2.05, 4.69) is 20.8 Å². The Labute approximate surface area is 225 Å². The number of alkyl halides is 10. The van der Waals surface area contributed by atoms with Gasteiger partial charge in [0.15, 0.2) is 0 Å². The highest BCUT2D eigenvalue weighted by Crippen LogP contribution is 2.28. The molecule has 0 aliphatic carbocycles. The van der Waals surface area contributed by atoms with Crippen LogP contribution >= 0.6 is 0 Å². The molecular weight excluding hydrogens is 692 g/mol. The summed E-state index contributed by atoms with van der Waals surface area (Å²) in [5.41, 5.74) is -13.1. The molecular formula is C12H20F10N5O10S4+. The highest BCUT2D eigenvalue weighted by Gasteiger charge is 2.61. The Kier molecular flexibility index (Phi) is 13.5. The van der Waals surface area contributed by atoms with Crippen LogP contribution in [0.3, 0.4) is 0 Å². The Morgan fingerprint density at radius 1 is 0.512 bits per heavy atom. The largest absolute Gasteiger partial charge is 0.512 e. The highest BCUT2D eigenvalue weighted by molar-refractivity contribution is 8.06. The highest BCUT2D eigenvalue weighted by atomic mass is 32.3. The molecule has 0 atom stereocenters. The average Bonchev–Trinajstić information content (AvgIpc) is 2.75. The normalized spacial score (nSPS) is 14.2. The van der Waals surface area contributed by atoms with Crippen molar-refractivity contribution in [3.05, 3.63) is 0 Å². The second-order valence-electron chi connectivity index (χ2n) is 6.82. The third-order valence-electron chi connectivity index (χ3n) is 4.04. The van der Waals surface area contributed by atoms with Crippen molar-refractivity contribution >= 4 is 51.9 Å². The molecule has 0 heterocycles. The van der Waals surface area contributed by atoms with Gasteiger partial charge in [0, 0.05) is 0 Å². The van der Waals surface area contributed by atoms with Gasteiger partial charge in [0.2, 0.25) is 0 Å². The number of quaternary nitrogens is 1. The molecule has 0 fully saturated rings. The number of carbonyl (C=O) groups excluding carboxylic acids is 2. The minimum atomic E-state index is -7.23. The molecule has 0 saturated heterocycles. The van der Waals surface area contributed by atoms with Crippen molar-refractivity contribution in [2.75, 3.05) is 19.6 Å². The molecule has 0 aliphatic heterocycles. The van der Waals surface area contributed by atoms with Crippen molar-refractivity contribution in [2.24, 2.45) is 0 Å². The monoisotopic (exact) mass is 712 g/mol. The van der Waals surface area contributed by atoms with Crippen LogP contribution in [0.5, 0.6) is 0 Å². The van der Waals surface area contributed by atoms with Crippen LogP contribution in [0.25, 0.3) is 0 Å². The molecule has 15 nitrogen and oxygen atoms in total. The Hall–Kier alpha value is -2.08. The van der Waals surface area contributed by atoms with Gasteiger partial charge in [-0.15, -0.1) is 0 Å². The number of hydrogen-bond donors (Lipinski definition) is 5. The molecule has 0 aromatic rings. The molecule has 5 N–H and O–H groups in total. The zero-order valence-corrected chi connectivity index (χ0v) is 23.4. The third-order valence-corrected chi connectivity index (χ3v) is 10.5. The number of carbonyl (C=O) groups is 2. The minimum absolute atomic E-state index is 0.00300. The number of sulfonamides is 4. The lowest BCUT2D eigenvalue weighted by atomic mass is 10.5. The van der Waals surface area contributed by atoms with Crippen molar-refractivity contribution in [3.63, 3.8) is 0 Å². The standard InChI is InChI=1S/C6H4F10N4O10S4.C6H15N/c7-3(8,31(23,24)19-33(27,28)5(11,12)13)1(21)17-18-2(22)4(9,10)32(25,26)20-34(29,30)6(14,15)16;1-4-7(5-2)6-3/h19-20H,(H,17,21)(H,18,22);4-6H2,1-3H3/p+1. The lowest BCUT2D eigenvalue weighted by Gasteiger charge is -2.20. The lowest BCUT2D eigenvalue weighted by molar-refractivity contribution is -0.894. The van der Waals surface area contributed by atoms with E-state index in [1.54, 1.807) is 4.90 Å². The van der Waals surface area contributed by atoms with Gasteiger partial charge < -0.3 is 4.90 Å². The van der Waals surface area contributed by atoms with Gasteiger partial charge in [0.25, 0.3) is 0 Å². The summed E-state index contributed by atoms with van der Waals surface area (Å²) in [6.45, 7) is 10.5. The van der Waals surface area contributed by atoms with Crippen molar-refractivity contribution < 1.29 is 92.1 Å². The molecule has 2 amide bonds. The molecule has 0 unspecified atom stereocenters. The van der Waals surface area contributed by atoms with E-state index < -0.39 is 81.7 Å². The Morgan fingerprint density at radius 2 is 0.732 bits per heavy atom. The molecule has 0 radical (unpaired) electrons. The molecule has 0 aliphatic rings. The number of halogens is 10. The Morgan fingerprint density at radius 3 is 0.878 bits per heavy atom. The van der Waals surface area contributed by atoms with Crippen LogP contribution in [0.2, 0.25) is 0 Å². The van der Waals surface area contributed by atoms with E-state index in [4.69, 9.17) is 0 Å². The van der Waals surface area contributed by atoms with Crippen LogP contribution in [-0.4, -0.2) is 86.6 Å². The lowest BCUT2D eigenvalue weighted by Crippen LogP contribution is -3.11. The van der Waals surface area contributed by atoms with Gasteiger partial charge in [-0.25, -0.2) is 33.7 Å². The second-order valence-corrected chi connectivity index (χ2v) is 14.1. The first kappa shape index (κ1) is 41.1. The van der Waals surface area contributed by atoms with Gasteiger partial charge in [0.1, 0.15) is 0 Å². The van der Waals surface area contributed by atoms with Gasteiger partial charge in [0.05, 0.1) is 19.6 Å². The summed E-state index contributed by atoms with van der Waals surface area (Å²) in [7, 11) is -28.7. The molecule has 0 saturated carbocycles. The molecule has 41 heavy (non-hydrogen) atoms. The van der Waals surface area contributed by atoms with Crippen LogP contribution in [0.1, 0.15) is 20.8 Å². The topological polar surface area (TPSA) is 223 Å². The minimum Gasteiger partial charge on any atom is -0.336 e. The Balaban J connectivity index is 0. The number of nitrogens with one attached hydrogen (secondary N) is 5. The van der Waals surface area contributed by atoms with E-state index in [1.165, 1.54) is 19.6 Å². The fourth-order valence-electron chi connectivity index (χ4n) is 1.74. The fourth-order valence-corrected chi connectivity index (χ4v) is 6.24. The number of amides is 2. The SMILES string of the molecule is CC[NH+](CC)CC.O=C(NNC(=O)C(F)(F)S(=O)(=O)NS(=O)(=O)C(F)(F)F)C(F)(F)S(=O)(=O)NS(=O)(=O)C(F)(F)F. The summed E-state index contributed by atoms with van der Waals surface area (Å²) in [6, 6.07) is 0. The fraction of sp³-hybridized carbons (Fsp3) is 0.833. The van der Waals surface area contributed by atoms with Crippen LogP contribution in [0, 0.1) is 0 Å². The van der Waals surface area contributed by atoms with E-state index in [1.807, 2.05) is 0 Å². The van der Waals surface area contributed by atoms with Crippen molar-refractivity contribution in [1.82, 2.24) is 19.1 Å². The molecule has 29 heteroatoms. The smallest absolute Gasteiger partial charge is 0.336 e. The van der Waals surface area contributed by atoms with Crippen molar-refractivity contribution in [2.45, 2.75) is 42.3 Å². The van der Waals surface area contributed by atoms with Crippen LogP contribution < -0.4 is 24.0 Å². The molecule has 0 spiro atoms. The van der Waals surface area contributed by atoms with E-state index >= 15 is 0 Å². The molecule has 0 bridgehead atoms. The molecule has 246 valence electrons. The molecule has 0 rings (SSSR count). The number of rotatable bonds is 11. The zero-order chi connectivity index (χ0) is 33.7. The predicted octanol–water partition coefficient (Wildman–Crippen LogP) is -2.21. The van der Waals surface area contributed by atoms with Crippen molar-refractivity contribution in [1.29, 1.82) is 0 Å². The third kappa shape index (κ3) is 10.3. The van der Waals surface area contributed by atoms with E-state index in [0.29, 0.717) is 0 Å². The summed E-state index contributed by atoms with van der Waals surface area (Å²) in [4.78, 5) is 23.8. The van der Waals surface area contributed by atoms with Gasteiger partial charge >= 0.3 is 73.4 Å².